The number of hydrogen-bond acceptors (Lipinski definition) is 1. The highest BCUT2D eigenvalue weighted by Crippen LogP contribution is 2.16. The van der Waals surface area contributed by atoms with Crippen LogP contribution in [0, 0.1) is 6.92 Å². The number of benzene rings is 2. The second kappa shape index (κ2) is 8.14. The predicted molar refractivity (Wildman–Crippen MR) is 96.4 cm³/mol. The average molecular weight is 295 g/mol. The van der Waals surface area contributed by atoms with Gasteiger partial charge in [0.2, 0.25) is 0 Å². The molecule has 2 aromatic rings. The first-order chi connectivity index (χ1) is 10.6. The molecule has 0 saturated carbocycles. The monoisotopic (exact) mass is 295 g/mol. The third-order valence-corrected chi connectivity index (χ3v) is 4.28. The highest BCUT2D eigenvalue weighted by atomic mass is 14.9. The van der Waals surface area contributed by atoms with Crippen LogP contribution >= 0.6 is 0 Å². The van der Waals surface area contributed by atoms with Gasteiger partial charge < -0.3 is 5.32 Å². The molecule has 0 heterocycles. The summed E-state index contributed by atoms with van der Waals surface area (Å²) in [4.78, 5) is 0. The Morgan fingerprint density at radius 3 is 2.27 bits per heavy atom. The van der Waals surface area contributed by atoms with Gasteiger partial charge in [-0.1, -0.05) is 67.9 Å². The zero-order chi connectivity index (χ0) is 15.9. The van der Waals surface area contributed by atoms with E-state index in [-0.39, 0.29) is 0 Å². The molecule has 0 amide bonds. The van der Waals surface area contributed by atoms with E-state index in [1.54, 1.807) is 0 Å². The van der Waals surface area contributed by atoms with Gasteiger partial charge in [0, 0.05) is 6.04 Å². The molecule has 0 bridgehead atoms. The van der Waals surface area contributed by atoms with E-state index in [1.807, 2.05) is 0 Å². The highest BCUT2D eigenvalue weighted by Gasteiger charge is 2.04. The maximum atomic E-state index is 3.63. The molecule has 1 heteroatoms. The number of nitrogens with one attached hydrogen (secondary N) is 1. The molecule has 1 nitrogen and oxygen atoms in total. The summed E-state index contributed by atoms with van der Waals surface area (Å²) >= 11 is 0. The van der Waals surface area contributed by atoms with Crippen LogP contribution < -0.4 is 5.32 Å². The van der Waals surface area contributed by atoms with Gasteiger partial charge in [-0.15, -0.1) is 0 Å². The number of hydrogen-bond donors (Lipinski definition) is 1. The smallest absolute Gasteiger partial charge is 0.0291 e. The van der Waals surface area contributed by atoms with Crippen LogP contribution in [0.5, 0.6) is 0 Å². The van der Waals surface area contributed by atoms with Crippen LogP contribution in [0.2, 0.25) is 0 Å². The summed E-state index contributed by atoms with van der Waals surface area (Å²) in [5, 5.41) is 3.63. The van der Waals surface area contributed by atoms with Crippen LogP contribution in [0.1, 0.15) is 61.4 Å². The highest BCUT2D eigenvalue weighted by molar-refractivity contribution is 5.25. The van der Waals surface area contributed by atoms with Crippen molar-refractivity contribution in [3.63, 3.8) is 0 Å². The normalized spacial score (nSPS) is 12.6. The molecular weight excluding hydrogens is 266 g/mol. The van der Waals surface area contributed by atoms with Crippen LogP contribution in [0.4, 0.5) is 0 Å². The largest absolute Gasteiger partial charge is 0.310 e. The molecule has 2 rings (SSSR count). The molecule has 118 valence electrons. The van der Waals surface area contributed by atoms with Crippen molar-refractivity contribution in [2.24, 2.45) is 0 Å². The fourth-order valence-electron chi connectivity index (χ4n) is 2.74. The summed E-state index contributed by atoms with van der Waals surface area (Å²) in [6.07, 6.45) is 2.32. The molecule has 1 atom stereocenters. The van der Waals surface area contributed by atoms with Crippen molar-refractivity contribution >= 4 is 0 Å². The lowest BCUT2D eigenvalue weighted by atomic mass is 10.0. The van der Waals surface area contributed by atoms with Crippen molar-refractivity contribution in [2.45, 2.75) is 52.5 Å². The van der Waals surface area contributed by atoms with Crippen LogP contribution in [-0.4, -0.2) is 6.54 Å². The average Bonchev–Trinajstić information content (AvgIpc) is 2.51. The third kappa shape index (κ3) is 4.99. The molecule has 0 aliphatic heterocycles. The van der Waals surface area contributed by atoms with Gasteiger partial charge in [0.25, 0.3) is 0 Å². The van der Waals surface area contributed by atoms with Crippen LogP contribution in [0.3, 0.4) is 0 Å². The minimum atomic E-state index is 0.420. The van der Waals surface area contributed by atoms with Gasteiger partial charge in [0.15, 0.2) is 0 Å². The fraction of sp³-hybridized carbons (Fsp3) is 0.429. The molecule has 1 N–H and O–H groups in total. The van der Waals surface area contributed by atoms with Gasteiger partial charge in [-0.05, 0) is 55.8 Å². The summed E-state index contributed by atoms with van der Waals surface area (Å²) in [5.74, 6) is 0.617. The van der Waals surface area contributed by atoms with E-state index < -0.39 is 0 Å². The summed E-state index contributed by atoms with van der Waals surface area (Å²) in [5.41, 5.74) is 5.57. The van der Waals surface area contributed by atoms with Crippen LogP contribution in [0.25, 0.3) is 0 Å². The summed E-state index contributed by atoms with van der Waals surface area (Å²) in [6, 6.07) is 18.3. The lowest BCUT2D eigenvalue weighted by Gasteiger charge is -2.15. The van der Waals surface area contributed by atoms with Crippen molar-refractivity contribution in [3.8, 4) is 0 Å². The van der Waals surface area contributed by atoms with Gasteiger partial charge in [-0.2, -0.15) is 0 Å². The Bertz CT molecular complexity index is 569. The Morgan fingerprint density at radius 2 is 1.64 bits per heavy atom. The summed E-state index contributed by atoms with van der Waals surface area (Å²) < 4.78 is 0. The first kappa shape index (κ1) is 16.8. The maximum Gasteiger partial charge on any atom is 0.0291 e. The second-order valence-electron chi connectivity index (χ2n) is 6.59. The first-order valence-electron chi connectivity index (χ1n) is 8.45. The molecule has 2 aromatic carbocycles. The van der Waals surface area contributed by atoms with Crippen molar-refractivity contribution in [1.82, 2.24) is 5.32 Å². The van der Waals surface area contributed by atoms with E-state index in [9.17, 15) is 0 Å². The van der Waals surface area contributed by atoms with Crippen molar-refractivity contribution in [3.05, 3.63) is 70.8 Å². The Balaban J connectivity index is 1.74. The molecular formula is C21H29N. The minimum Gasteiger partial charge on any atom is -0.310 e. The fourth-order valence-corrected chi connectivity index (χ4v) is 2.74. The zero-order valence-corrected chi connectivity index (χ0v) is 14.4. The van der Waals surface area contributed by atoms with Crippen molar-refractivity contribution in [1.29, 1.82) is 0 Å². The maximum absolute atomic E-state index is 3.63. The van der Waals surface area contributed by atoms with E-state index in [1.165, 1.54) is 28.7 Å². The van der Waals surface area contributed by atoms with Crippen molar-refractivity contribution in [2.75, 3.05) is 6.54 Å². The van der Waals surface area contributed by atoms with Gasteiger partial charge in [0.1, 0.15) is 0 Å². The van der Waals surface area contributed by atoms with Gasteiger partial charge in [-0.25, -0.2) is 0 Å². The Hall–Kier alpha value is -1.60. The lowest BCUT2D eigenvalue weighted by molar-refractivity contribution is 0.558. The molecule has 0 radical (unpaired) electrons. The minimum absolute atomic E-state index is 0.420. The predicted octanol–water partition coefficient (Wildman–Crippen LogP) is 5.40. The molecule has 0 aliphatic rings. The molecule has 0 unspecified atom stereocenters. The summed E-state index contributed by atoms with van der Waals surface area (Å²) in [7, 11) is 0. The molecule has 0 aliphatic carbocycles. The van der Waals surface area contributed by atoms with Crippen LogP contribution in [0.15, 0.2) is 48.5 Å². The first-order valence-corrected chi connectivity index (χ1v) is 8.45. The van der Waals surface area contributed by atoms with E-state index in [2.05, 4.69) is 81.5 Å². The standard InChI is InChI=1S/C21H29N/c1-16(2)20-12-10-19(11-13-20)8-6-14-22-18(4)21-9-5-7-17(3)15-21/h5,7,9-13,15-16,18,22H,6,8,14H2,1-4H3/t18-/m1/s1. The SMILES string of the molecule is Cc1cccc([C@@H](C)NCCCc2ccc(C(C)C)cc2)c1. The number of rotatable bonds is 7. The van der Waals surface area contributed by atoms with Gasteiger partial charge in [-0.3, -0.25) is 0 Å². The molecule has 0 fully saturated rings. The van der Waals surface area contributed by atoms with E-state index in [0.29, 0.717) is 12.0 Å². The van der Waals surface area contributed by atoms with E-state index in [0.717, 1.165) is 13.0 Å². The summed E-state index contributed by atoms with van der Waals surface area (Å²) in [6.45, 7) is 9.93. The quantitative estimate of drug-likeness (QED) is 0.674. The van der Waals surface area contributed by atoms with Crippen LogP contribution in [-0.2, 0) is 6.42 Å². The Labute approximate surface area is 135 Å². The number of aryl methyl sites for hydroxylation is 2. The van der Waals surface area contributed by atoms with Gasteiger partial charge >= 0.3 is 0 Å². The molecule has 0 spiro atoms. The Kier molecular flexibility index (Phi) is 6.21. The molecule has 0 saturated heterocycles. The molecule has 22 heavy (non-hydrogen) atoms. The second-order valence-corrected chi connectivity index (χ2v) is 6.59. The zero-order valence-electron chi connectivity index (χ0n) is 14.4. The Morgan fingerprint density at radius 1 is 0.909 bits per heavy atom. The van der Waals surface area contributed by atoms with Gasteiger partial charge in [0.05, 0.1) is 0 Å². The lowest BCUT2D eigenvalue weighted by Crippen LogP contribution is -2.20. The van der Waals surface area contributed by atoms with Crippen molar-refractivity contribution < 1.29 is 0 Å². The van der Waals surface area contributed by atoms with E-state index in [4.69, 9.17) is 0 Å². The van der Waals surface area contributed by atoms with E-state index >= 15 is 0 Å². The molecule has 0 aromatic heterocycles. The topological polar surface area (TPSA) is 12.0 Å². The third-order valence-electron chi connectivity index (χ3n) is 4.28.